The molecule has 0 spiro atoms. The number of hydrogen-bond donors (Lipinski definition) is 1. The molecule has 2 aromatic heterocycles. The molecule has 1 N–H and O–H groups in total. The van der Waals surface area contributed by atoms with Crippen LogP contribution in [-0.2, 0) is 6.18 Å². The second-order valence-electron chi connectivity index (χ2n) is 10.8. The summed E-state index contributed by atoms with van der Waals surface area (Å²) in [4.78, 5) is 30.6. The number of ether oxygens (including phenoxy) is 1. The van der Waals surface area contributed by atoms with Crippen molar-refractivity contribution in [3.63, 3.8) is 0 Å². The average molecular weight is 597 g/mol. The summed E-state index contributed by atoms with van der Waals surface area (Å²) in [5.41, 5.74) is -2.19. The van der Waals surface area contributed by atoms with Crippen molar-refractivity contribution in [2.45, 2.75) is 37.5 Å². The molecule has 6 rings (SSSR count). The number of piperazine rings is 1. The van der Waals surface area contributed by atoms with Crippen molar-refractivity contribution in [1.29, 1.82) is 5.26 Å². The molecule has 2 saturated heterocycles. The minimum absolute atomic E-state index is 0.00284. The van der Waals surface area contributed by atoms with Crippen molar-refractivity contribution >= 4 is 27.6 Å². The molecule has 0 saturated carbocycles. The lowest BCUT2D eigenvalue weighted by atomic mass is 10.1. The number of nitrogens with zero attached hydrogens (tertiary/aromatic N) is 7. The van der Waals surface area contributed by atoms with E-state index < -0.39 is 28.9 Å². The summed E-state index contributed by atoms with van der Waals surface area (Å²) >= 11 is 0. The van der Waals surface area contributed by atoms with Crippen molar-refractivity contribution in [2.75, 3.05) is 44.7 Å². The van der Waals surface area contributed by atoms with Gasteiger partial charge in [-0.1, -0.05) is 24.3 Å². The number of fused-ring (bicyclic) bond motifs is 2. The van der Waals surface area contributed by atoms with Crippen LogP contribution in [0.15, 0.2) is 41.2 Å². The van der Waals surface area contributed by atoms with Crippen LogP contribution in [-0.4, -0.2) is 76.3 Å². The molecule has 14 heteroatoms. The van der Waals surface area contributed by atoms with E-state index in [2.05, 4.69) is 31.2 Å². The molecule has 224 valence electrons. The minimum atomic E-state index is -5.09. The van der Waals surface area contributed by atoms with Crippen molar-refractivity contribution in [2.24, 2.45) is 0 Å². The number of rotatable bonds is 6. The third kappa shape index (κ3) is 5.46. The Balaban J connectivity index is 1.59. The van der Waals surface area contributed by atoms with E-state index in [1.807, 2.05) is 7.05 Å². The second kappa shape index (κ2) is 11.4. The number of likely N-dealkylation sites (tertiary alicyclic amines) is 1. The van der Waals surface area contributed by atoms with Gasteiger partial charge in [-0.15, -0.1) is 0 Å². The van der Waals surface area contributed by atoms with Crippen molar-refractivity contribution in [1.82, 2.24) is 29.7 Å². The van der Waals surface area contributed by atoms with Crippen LogP contribution in [0.4, 0.5) is 23.4 Å². The zero-order valence-electron chi connectivity index (χ0n) is 23.2. The van der Waals surface area contributed by atoms with Crippen LogP contribution in [0.25, 0.3) is 27.5 Å². The summed E-state index contributed by atoms with van der Waals surface area (Å²) in [5, 5.41) is 12.6. The zero-order chi connectivity index (χ0) is 30.3. The molecule has 43 heavy (non-hydrogen) atoms. The molecule has 2 atom stereocenters. The van der Waals surface area contributed by atoms with E-state index >= 15 is 4.39 Å². The SMILES string of the molecule is CN1CCCC1COc1nc(N2CCNC(CC#N)C2)c2nc(C(F)(F)F)n(-c3cccc4cccc(F)c34)c(=O)c2n1. The van der Waals surface area contributed by atoms with Gasteiger partial charge < -0.3 is 19.9 Å². The topological polar surface area (TPSA) is 112 Å². The van der Waals surface area contributed by atoms with Crippen LogP contribution in [0.5, 0.6) is 6.01 Å². The van der Waals surface area contributed by atoms with E-state index in [0.29, 0.717) is 23.0 Å². The number of anilines is 1. The van der Waals surface area contributed by atoms with Crippen LogP contribution in [0.3, 0.4) is 0 Å². The van der Waals surface area contributed by atoms with Gasteiger partial charge in [-0.05, 0) is 44.0 Å². The van der Waals surface area contributed by atoms with Gasteiger partial charge in [-0.25, -0.2) is 9.37 Å². The van der Waals surface area contributed by atoms with Crippen LogP contribution in [0.1, 0.15) is 25.1 Å². The van der Waals surface area contributed by atoms with Crippen LogP contribution >= 0.6 is 0 Å². The molecule has 4 heterocycles. The molecule has 0 aliphatic carbocycles. The standard InChI is InChI=1S/C29H28F4N8O2/c1-39-13-4-7-19(39)16-43-28-37-24-23(25(38-28)40-14-12-35-18(15-40)10-11-34)36-27(29(31,32)33)41(26(24)42)21-9-3-6-17-5-2-8-20(30)22(17)21/h2-3,5-6,8-9,18-19,35H,4,7,10,12-16H2,1H3. The predicted molar refractivity (Wildman–Crippen MR) is 151 cm³/mol. The monoisotopic (exact) mass is 596 g/mol. The Bertz CT molecular complexity index is 1780. The Morgan fingerprint density at radius 3 is 2.63 bits per heavy atom. The largest absolute Gasteiger partial charge is 0.462 e. The highest BCUT2D eigenvalue weighted by atomic mass is 19.4. The minimum Gasteiger partial charge on any atom is -0.462 e. The number of likely N-dealkylation sites (N-methyl/N-ethyl adjacent to an activating group) is 1. The number of halogens is 4. The maximum atomic E-state index is 15.1. The van der Waals surface area contributed by atoms with Gasteiger partial charge >= 0.3 is 12.2 Å². The predicted octanol–water partition coefficient (Wildman–Crippen LogP) is 3.65. The Morgan fingerprint density at radius 2 is 1.91 bits per heavy atom. The maximum Gasteiger partial charge on any atom is 0.450 e. The quantitative estimate of drug-likeness (QED) is 0.334. The van der Waals surface area contributed by atoms with E-state index in [-0.39, 0.29) is 60.1 Å². The summed E-state index contributed by atoms with van der Waals surface area (Å²) in [6.45, 7) is 2.12. The van der Waals surface area contributed by atoms with Crippen molar-refractivity contribution in [3.05, 3.63) is 58.4 Å². The summed E-state index contributed by atoms with van der Waals surface area (Å²) in [6.07, 6.45) is -3.04. The molecule has 10 nitrogen and oxygen atoms in total. The highest BCUT2D eigenvalue weighted by Crippen LogP contribution is 2.34. The van der Waals surface area contributed by atoms with Crippen molar-refractivity contribution in [3.8, 4) is 17.8 Å². The fourth-order valence-electron chi connectivity index (χ4n) is 5.82. The number of nitrogens with one attached hydrogen (secondary N) is 1. The first-order valence-electron chi connectivity index (χ1n) is 13.9. The number of hydrogen-bond acceptors (Lipinski definition) is 9. The molecule has 2 unspecified atom stereocenters. The molecule has 0 radical (unpaired) electrons. The van der Waals surface area contributed by atoms with Gasteiger partial charge in [-0.3, -0.25) is 9.36 Å². The third-order valence-electron chi connectivity index (χ3n) is 7.98. The van der Waals surface area contributed by atoms with E-state index in [9.17, 15) is 23.2 Å². The van der Waals surface area contributed by atoms with Crippen LogP contribution in [0, 0.1) is 17.1 Å². The highest BCUT2D eigenvalue weighted by molar-refractivity contribution is 5.92. The Hall–Kier alpha value is -4.35. The van der Waals surface area contributed by atoms with E-state index in [4.69, 9.17) is 4.74 Å². The fraction of sp³-hybridized carbons (Fsp3) is 0.414. The highest BCUT2D eigenvalue weighted by Gasteiger charge is 2.40. The van der Waals surface area contributed by atoms with E-state index in [1.165, 1.54) is 18.2 Å². The molecule has 2 aromatic carbocycles. The molecule has 2 aliphatic rings. The summed E-state index contributed by atoms with van der Waals surface area (Å²) in [7, 11) is 1.97. The van der Waals surface area contributed by atoms with Gasteiger partial charge in [-0.2, -0.15) is 28.4 Å². The van der Waals surface area contributed by atoms with E-state index in [0.717, 1.165) is 25.5 Å². The number of benzene rings is 2. The molecular formula is C29H28F4N8O2. The molecule has 0 amide bonds. The van der Waals surface area contributed by atoms with Crippen molar-refractivity contribution < 1.29 is 22.3 Å². The lowest BCUT2D eigenvalue weighted by Gasteiger charge is -2.34. The smallest absolute Gasteiger partial charge is 0.450 e. The first-order chi connectivity index (χ1) is 20.7. The van der Waals surface area contributed by atoms with Gasteiger partial charge in [0.2, 0.25) is 5.82 Å². The van der Waals surface area contributed by atoms with Gasteiger partial charge in [0.1, 0.15) is 17.9 Å². The Kier molecular flexibility index (Phi) is 7.61. The second-order valence-corrected chi connectivity index (χ2v) is 10.8. The fourth-order valence-corrected chi connectivity index (χ4v) is 5.82. The van der Waals surface area contributed by atoms with Gasteiger partial charge in [0.25, 0.3) is 5.56 Å². The molecule has 4 aromatic rings. The number of nitriles is 1. The average Bonchev–Trinajstić information content (AvgIpc) is 3.40. The molecular weight excluding hydrogens is 568 g/mol. The number of aromatic nitrogens is 4. The van der Waals surface area contributed by atoms with Gasteiger partial charge in [0, 0.05) is 37.1 Å². The Morgan fingerprint density at radius 1 is 1.12 bits per heavy atom. The van der Waals surface area contributed by atoms with E-state index in [1.54, 1.807) is 17.0 Å². The third-order valence-corrected chi connectivity index (χ3v) is 7.98. The Labute approximate surface area is 243 Å². The first-order valence-corrected chi connectivity index (χ1v) is 13.9. The molecule has 2 fully saturated rings. The first kappa shape index (κ1) is 28.8. The van der Waals surface area contributed by atoms with Gasteiger partial charge in [0.15, 0.2) is 11.3 Å². The summed E-state index contributed by atoms with van der Waals surface area (Å²) < 4.78 is 65.3. The maximum absolute atomic E-state index is 15.1. The summed E-state index contributed by atoms with van der Waals surface area (Å²) in [6, 6.07) is 10.1. The van der Waals surface area contributed by atoms with Crippen LogP contribution < -0.4 is 20.5 Å². The molecule has 2 aliphatic heterocycles. The number of alkyl halides is 3. The summed E-state index contributed by atoms with van der Waals surface area (Å²) in [5.74, 6) is -2.32. The molecule has 0 bridgehead atoms. The van der Waals surface area contributed by atoms with Crippen LogP contribution in [0.2, 0.25) is 0 Å². The lowest BCUT2D eigenvalue weighted by molar-refractivity contribution is -0.146. The van der Waals surface area contributed by atoms with Gasteiger partial charge in [0.05, 0.1) is 18.2 Å². The lowest BCUT2D eigenvalue weighted by Crippen LogP contribution is -2.51. The normalized spacial score (nSPS) is 19.7. The zero-order valence-corrected chi connectivity index (χ0v) is 23.2.